The first kappa shape index (κ1) is 17.0. The minimum absolute atomic E-state index is 0.224. The molecule has 1 aliphatic heterocycles. The van der Waals surface area contributed by atoms with Gasteiger partial charge in [0.15, 0.2) is 0 Å². The van der Waals surface area contributed by atoms with Crippen LogP contribution < -0.4 is 0 Å². The van der Waals surface area contributed by atoms with E-state index in [0.29, 0.717) is 23.2 Å². The van der Waals surface area contributed by atoms with E-state index < -0.39 is 0 Å². The second kappa shape index (κ2) is 7.23. The predicted octanol–water partition coefficient (Wildman–Crippen LogP) is 3.25. The van der Waals surface area contributed by atoms with Crippen LogP contribution in [0.5, 0.6) is 0 Å². The highest BCUT2D eigenvalue weighted by molar-refractivity contribution is 5.82. The van der Waals surface area contributed by atoms with Gasteiger partial charge in [0, 0.05) is 31.5 Å². The molecule has 3 unspecified atom stereocenters. The minimum Gasteiger partial charge on any atom is -0.396 e. The second-order valence-electron chi connectivity index (χ2n) is 8.16. The van der Waals surface area contributed by atoms with Crippen LogP contribution in [-0.4, -0.2) is 41.5 Å². The predicted molar refractivity (Wildman–Crippen MR) is 86.2 cm³/mol. The summed E-state index contributed by atoms with van der Waals surface area (Å²) in [6.45, 7) is 9.22. The maximum Gasteiger partial charge on any atom is 0.137 e. The van der Waals surface area contributed by atoms with Crippen molar-refractivity contribution in [2.24, 2.45) is 17.3 Å². The van der Waals surface area contributed by atoms with Crippen molar-refractivity contribution < 1.29 is 9.90 Å². The van der Waals surface area contributed by atoms with E-state index in [2.05, 4.69) is 25.7 Å². The van der Waals surface area contributed by atoms with Crippen molar-refractivity contribution in [3.05, 3.63) is 0 Å². The Morgan fingerprint density at radius 3 is 2.67 bits per heavy atom. The molecule has 0 spiro atoms. The van der Waals surface area contributed by atoms with E-state index in [1.54, 1.807) is 0 Å². The smallest absolute Gasteiger partial charge is 0.137 e. The van der Waals surface area contributed by atoms with Crippen molar-refractivity contribution in [3.63, 3.8) is 0 Å². The molecule has 3 heteroatoms. The molecule has 1 saturated carbocycles. The highest BCUT2D eigenvalue weighted by atomic mass is 16.3. The molecule has 0 radical (unpaired) electrons. The zero-order valence-electron chi connectivity index (χ0n) is 14.1. The van der Waals surface area contributed by atoms with E-state index in [1.807, 2.05) is 0 Å². The number of carbonyl (C=O) groups is 1. The Morgan fingerprint density at radius 2 is 2.00 bits per heavy atom. The molecule has 0 aromatic carbocycles. The van der Waals surface area contributed by atoms with Crippen LogP contribution in [0.15, 0.2) is 0 Å². The third-order valence-electron chi connectivity index (χ3n) is 5.65. The molecule has 1 saturated heterocycles. The molecular formula is C18H33NO2. The fraction of sp³-hybridized carbons (Fsp3) is 0.944. The van der Waals surface area contributed by atoms with Crippen LogP contribution in [0.2, 0.25) is 0 Å². The molecule has 1 aliphatic carbocycles. The summed E-state index contributed by atoms with van der Waals surface area (Å²) in [5, 5.41) is 9.25. The van der Waals surface area contributed by atoms with Gasteiger partial charge in [-0.1, -0.05) is 27.2 Å². The van der Waals surface area contributed by atoms with Gasteiger partial charge in [0.05, 0.1) is 0 Å². The molecule has 1 heterocycles. The van der Waals surface area contributed by atoms with Crippen LogP contribution in [-0.2, 0) is 4.79 Å². The summed E-state index contributed by atoms with van der Waals surface area (Å²) < 4.78 is 0. The first-order valence-corrected chi connectivity index (χ1v) is 8.79. The average molecular weight is 295 g/mol. The average Bonchev–Trinajstić information content (AvgIpc) is 2.42. The van der Waals surface area contributed by atoms with Gasteiger partial charge in [-0.2, -0.15) is 0 Å². The van der Waals surface area contributed by atoms with Gasteiger partial charge in [0.25, 0.3) is 0 Å². The minimum atomic E-state index is 0.224. The van der Waals surface area contributed by atoms with Crippen molar-refractivity contribution >= 4 is 5.78 Å². The molecule has 0 amide bonds. The SMILES string of the molecule is CC(C)(C)C1CCC(=O)C(CN2CCCCC2CCO)C1. The van der Waals surface area contributed by atoms with Gasteiger partial charge in [0.1, 0.15) is 5.78 Å². The van der Waals surface area contributed by atoms with Crippen molar-refractivity contribution in [3.8, 4) is 0 Å². The van der Waals surface area contributed by atoms with Crippen molar-refractivity contribution in [2.75, 3.05) is 19.7 Å². The van der Waals surface area contributed by atoms with Gasteiger partial charge in [-0.3, -0.25) is 9.69 Å². The Kier molecular flexibility index (Phi) is 5.84. The monoisotopic (exact) mass is 295 g/mol. The van der Waals surface area contributed by atoms with Crippen LogP contribution in [0.1, 0.15) is 65.7 Å². The topological polar surface area (TPSA) is 40.5 Å². The second-order valence-corrected chi connectivity index (χ2v) is 8.16. The van der Waals surface area contributed by atoms with Crippen molar-refractivity contribution in [1.82, 2.24) is 4.90 Å². The highest BCUT2D eigenvalue weighted by Crippen LogP contribution is 2.39. The summed E-state index contributed by atoms with van der Waals surface area (Å²) in [5.74, 6) is 1.37. The fourth-order valence-electron chi connectivity index (χ4n) is 4.14. The molecule has 0 aromatic heterocycles. The van der Waals surface area contributed by atoms with E-state index in [9.17, 15) is 9.90 Å². The van der Waals surface area contributed by atoms with Crippen LogP contribution in [0.25, 0.3) is 0 Å². The number of likely N-dealkylation sites (tertiary alicyclic amines) is 1. The number of carbonyl (C=O) groups excluding carboxylic acids is 1. The summed E-state index contributed by atoms with van der Waals surface area (Å²) in [7, 11) is 0. The number of hydrogen-bond donors (Lipinski definition) is 1. The number of hydrogen-bond acceptors (Lipinski definition) is 3. The zero-order chi connectivity index (χ0) is 15.5. The Bertz CT molecular complexity index is 346. The number of aliphatic hydroxyl groups excluding tert-OH is 1. The number of aliphatic hydroxyl groups is 1. The van der Waals surface area contributed by atoms with Gasteiger partial charge in [-0.05, 0) is 50.0 Å². The number of ketones is 1. The molecule has 2 fully saturated rings. The van der Waals surface area contributed by atoms with Gasteiger partial charge in [-0.15, -0.1) is 0 Å². The van der Waals surface area contributed by atoms with Gasteiger partial charge in [-0.25, -0.2) is 0 Å². The summed E-state index contributed by atoms with van der Waals surface area (Å²) in [5.41, 5.74) is 0.311. The first-order valence-electron chi connectivity index (χ1n) is 8.79. The van der Waals surface area contributed by atoms with Crippen LogP contribution in [0.3, 0.4) is 0 Å². The molecule has 0 bridgehead atoms. The fourth-order valence-corrected chi connectivity index (χ4v) is 4.14. The number of piperidine rings is 1. The number of Topliss-reactive ketones (excluding diaryl/α,β-unsaturated/α-hetero) is 1. The Balaban J connectivity index is 1.97. The summed E-state index contributed by atoms with van der Waals surface area (Å²) in [4.78, 5) is 14.8. The van der Waals surface area contributed by atoms with Crippen molar-refractivity contribution in [1.29, 1.82) is 0 Å². The summed E-state index contributed by atoms with van der Waals surface area (Å²) in [6.07, 6.45) is 7.46. The third kappa shape index (κ3) is 4.53. The zero-order valence-corrected chi connectivity index (χ0v) is 14.1. The van der Waals surface area contributed by atoms with E-state index in [-0.39, 0.29) is 12.5 Å². The van der Waals surface area contributed by atoms with Crippen LogP contribution >= 0.6 is 0 Å². The van der Waals surface area contributed by atoms with Gasteiger partial charge >= 0.3 is 0 Å². The first-order chi connectivity index (χ1) is 9.91. The van der Waals surface area contributed by atoms with E-state index in [4.69, 9.17) is 0 Å². The summed E-state index contributed by atoms with van der Waals surface area (Å²) in [6, 6.07) is 0.492. The molecule has 21 heavy (non-hydrogen) atoms. The molecule has 0 aromatic rings. The van der Waals surface area contributed by atoms with E-state index in [0.717, 1.165) is 38.8 Å². The van der Waals surface area contributed by atoms with Crippen molar-refractivity contribution in [2.45, 2.75) is 71.8 Å². The lowest BCUT2D eigenvalue weighted by atomic mass is 9.68. The quantitative estimate of drug-likeness (QED) is 0.865. The number of rotatable bonds is 4. The highest BCUT2D eigenvalue weighted by Gasteiger charge is 2.36. The Hall–Kier alpha value is -0.410. The largest absolute Gasteiger partial charge is 0.396 e. The molecule has 3 atom stereocenters. The molecule has 1 N–H and O–H groups in total. The van der Waals surface area contributed by atoms with Gasteiger partial charge < -0.3 is 5.11 Å². The summed E-state index contributed by atoms with van der Waals surface area (Å²) >= 11 is 0. The standard InChI is InChI=1S/C18H33NO2/c1-18(2,3)15-7-8-17(21)14(12-15)13-19-10-5-4-6-16(19)9-11-20/h14-16,20H,4-13H2,1-3H3. The molecule has 2 rings (SSSR count). The molecule has 2 aliphatic rings. The Morgan fingerprint density at radius 1 is 1.24 bits per heavy atom. The van der Waals surface area contributed by atoms with E-state index in [1.165, 1.54) is 19.3 Å². The molecular weight excluding hydrogens is 262 g/mol. The lowest BCUT2D eigenvalue weighted by molar-refractivity contribution is -0.127. The maximum atomic E-state index is 12.3. The normalized spacial score (nSPS) is 32.4. The van der Waals surface area contributed by atoms with Gasteiger partial charge in [0.2, 0.25) is 0 Å². The molecule has 122 valence electrons. The van der Waals surface area contributed by atoms with E-state index >= 15 is 0 Å². The number of nitrogens with zero attached hydrogens (tertiary/aromatic N) is 1. The lowest BCUT2D eigenvalue weighted by Crippen LogP contribution is -2.46. The molecule has 3 nitrogen and oxygen atoms in total. The third-order valence-corrected chi connectivity index (χ3v) is 5.65. The Labute approximate surface area is 130 Å². The lowest BCUT2D eigenvalue weighted by Gasteiger charge is -2.41. The maximum absolute atomic E-state index is 12.3. The van der Waals surface area contributed by atoms with Crippen LogP contribution in [0, 0.1) is 17.3 Å². The van der Waals surface area contributed by atoms with Crippen LogP contribution in [0.4, 0.5) is 0 Å².